The van der Waals surface area contributed by atoms with Gasteiger partial charge in [0.15, 0.2) is 0 Å². The molecule has 0 aliphatic rings. The first-order valence-corrected chi connectivity index (χ1v) is 9.96. The van der Waals surface area contributed by atoms with Gasteiger partial charge in [0.05, 0.1) is 18.2 Å². The van der Waals surface area contributed by atoms with E-state index in [1.165, 1.54) is 12.1 Å². The Morgan fingerprint density at radius 1 is 1.00 bits per heavy atom. The van der Waals surface area contributed by atoms with Gasteiger partial charge in [0.1, 0.15) is 5.82 Å². The first kappa shape index (κ1) is 21.0. The summed E-state index contributed by atoms with van der Waals surface area (Å²) in [6, 6.07) is 20.3. The molecule has 3 aromatic carbocycles. The lowest BCUT2D eigenvalue weighted by Crippen LogP contribution is -2.19. The number of carbonyl (C=O) groups excluding carboxylic acids is 1. The van der Waals surface area contributed by atoms with Crippen LogP contribution in [-0.2, 0) is 17.8 Å². The molecule has 0 saturated heterocycles. The van der Waals surface area contributed by atoms with Crippen molar-refractivity contribution in [3.05, 3.63) is 107 Å². The number of aromatic carboxylic acids is 1. The molecule has 1 aromatic heterocycles. The summed E-state index contributed by atoms with van der Waals surface area (Å²) in [5, 5.41) is 14.3. The second-order valence-corrected chi connectivity index (χ2v) is 7.33. The lowest BCUT2D eigenvalue weighted by Gasteiger charge is -2.06. The van der Waals surface area contributed by atoms with Crippen LogP contribution >= 0.6 is 0 Å². The molecule has 0 saturated carbocycles. The summed E-state index contributed by atoms with van der Waals surface area (Å²) < 4.78 is 15.0. The monoisotopic (exact) mass is 429 g/mol. The number of amides is 1. The summed E-state index contributed by atoms with van der Waals surface area (Å²) >= 11 is 0. The predicted octanol–water partition coefficient (Wildman–Crippen LogP) is 4.22. The Balaban J connectivity index is 1.51. The van der Waals surface area contributed by atoms with Crippen LogP contribution in [0.1, 0.15) is 27.0 Å². The number of benzene rings is 3. The van der Waals surface area contributed by atoms with E-state index in [1.54, 1.807) is 36.5 Å². The van der Waals surface area contributed by atoms with Crippen LogP contribution in [-0.4, -0.2) is 27.8 Å². The Bertz CT molecular complexity index is 1310. The molecule has 32 heavy (non-hydrogen) atoms. The normalized spacial score (nSPS) is 11.2. The quantitative estimate of drug-likeness (QED) is 0.341. The predicted molar refractivity (Wildman–Crippen MR) is 120 cm³/mol. The molecule has 0 aliphatic heterocycles. The van der Waals surface area contributed by atoms with Crippen molar-refractivity contribution in [1.29, 1.82) is 0 Å². The first-order chi connectivity index (χ1) is 15.5. The first-order valence-electron chi connectivity index (χ1n) is 9.96. The van der Waals surface area contributed by atoms with Crippen LogP contribution in [0.5, 0.6) is 0 Å². The van der Waals surface area contributed by atoms with Crippen molar-refractivity contribution < 1.29 is 19.1 Å². The topological polar surface area (TPSA) is 83.7 Å². The van der Waals surface area contributed by atoms with Gasteiger partial charge in [-0.1, -0.05) is 42.5 Å². The number of hydrogen-bond acceptors (Lipinski definition) is 3. The van der Waals surface area contributed by atoms with E-state index in [1.807, 2.05) is 41.1 Å². The van der Waals surface area contributed by atoms with Crippen molar-refractivity contribution in [2.24, 2.45) is 5.10 Å². The minimum Gasteiger partial charge on any atom is -0.478 e. The number of rotatable bonds is 7. The zero-order valence-electron chi connectivity index (χ0n) is 17.0. The van der Waals surface area contributed by atoms with Gasteiger partial charge in [-0.15, -0.1) is 0 Å². The number of para-hydroxylation sites is 1. The summed E-state index contributed by atoms with van der Waals surface area (Å²) in [5.74, 6) is -1.62. The fourth-order valence-corrected chi connectivity index (χ4v) is 3.51. The molecule has 160 valence electrons. The number of nitrogens with zero attached hydrogens (tertiary/aromatic N) is 2. The molecular formula is C25H20FN3O3. The number of halogens is 1. The molecule has 0 unspecified atom stereocenters. The molecule has 1 heterocycles. The van der Waals surface area contributed by atoms with Crippen molar-refractivity contribution in [2.45, 2.75) is 13.0 Å². The van der Waals surface area contributed by atoms with E-state index in [9.17, 15) is 19.1 Å². The highest BCUT2D eigenvalue weighted by Crippen LogP contribution is 2.21. The summed E-state index contributed by atoms with van der Waals surface area (Å²) in [6.45, 7) is 0.492. The molecule has 1 amide bonds. The van der Waals surface area contributed by atoms with Crippen LogP contribution in [0.3, 0.4) is 0 Å². The van der Waals surface area contributed by atoms with Crippen LogP contribution in [0.15, 0.2) is 84.1 Å². The lowest BCUT2D eigenvalue weighted by molar-refractivity contribution is -0.120. The third-order valence-electron chi connectivity index (χ3n) is 5.02. The van der Waals surface area contributed by atoms with Crippen LogP contribution in [0.4, 0.5) is 4.39 Å². The minimum absolute atomic E-state index is 0.0965. The smallest absolute Gasteiger partial charge is 0.335 e. The number of hydrazone groups is 1. The van der Waals surface area contributed by atoms with Crippen molar-refractivity contribution in [3.8, 4) is 0 Å². The molecule has 0 fully saturated rings. The molecule has 4 aromatic rings. The maximum atomic E-state index is 13.0. The second-order valence-electron chi connectivity index (χ2n) is 7.33. The van der Waals surface area contributed by atoms with Gasteiger partial charge in [-0.2, -0.15) is 5.10 Å². The third-order valence-corrected chi connectivity index (χ3v) is 5.02. The third kappa shape index (κ3) is 4.89. The largest absolute Gasteiger partial charge is 0.478 e. The molecule has 4 rings (SSSR count). The Morgan fingerprint density at radius 3 is 2.56 bits per heavy atom. The molecule has 0 radical (unpaired) electrons. The van der Waals surface area contributed by atoms with E-state index < -0.39 is 5.97 Å². The average molecular weight is 429 g/mol. The van der Waals surface area contributed by atoms with Gasteiger partial charge in [-0.3, -0.25) is 4.79 Å². The van der Waals surface area contributed by atoms with Crippen molar-refractivity contribution in [2.75, 3.05) is 0 Å². The van der Waals surface area contributed by atoms with E-state index in [2.05, 4.69) is 10.5 Å². The maximum absolute atomic E-state index is 13.0. The Morgan fingerprint density at radius 2 is 1.78 bits per heavy atom. The molecular weight excluding hydrogens is 409 g/mol. The van der Waals surface area contributed by atoms with Crippen molar-refractivity contribution >= 4 is 29.0 Å². The zero-order chi connectivity index (χ0) is 22.5. The van der Waals surface area contributed by atoms with E-state index in [0.29, 0.717) is 12.1 Å². The highest BCUT2D eigenvalue weighted by molar-refractivity contribution is 5.99. The molecule has 0 atom stereocenters. The highest BCUT2D eigenvalue weighted by atomic mass is 19.1. The number of fused-ring (bicyclic) bond motifs is 1. The van der Waals surface area contributed by atoms with Gasteiger partial charge < -0.3 is 9.67 Å². The summed E-state index contributed by atoms with van der Waals surface area (Å²) in [5.41, 5.74) is 6.08. The Hall–Kier alpha value is -4.26. The Labute approximate surface area is 183 Å². The van der Waals surface area contributed by atoms with E-state index in [-0.39, 0.29) is 23.7 Å². The number of aromatic nitrogens is 1. The summed E-state index contributed by atoms with van der Waals surface area (Å²) in [4.78, 5) is 23.4. The lowest BCUT2D eigenvalue weighted by atomic mass is 10.1. The van der Waals surface area contributed by atoms with E-state index in [4.69, 9.17) is 0 Å². The molecule has 0 aliphatic carbocycles. The van der Waals surface area contributed by atoms with Crippen LogP contribution in [0.25, 0.3) is 10.9 Å². The van der Waals surface area contributed by atoms with Crippen LogP contribution in [0.2, 0.25) is 0 Å². The number of carbonyl (C=O) groups is 2. The highest BCUT2D eigenvalue weighted by Gasteiger charge is 2.09. The van der Waals surface area contributed by atoms with Gasteiger partial charge >= 0.3 is 5.97 Å². The second kappa shape index (κ2) is 9.26. The van der Waals surface area contributed by atoms with Crippen molar-refractivity contribution in [3.63, 3.8) is 0 Å². The fourth-order valence-electron chi connectivity index (χ4n) is 3.51. The van der Waals surface area contributed by atoms with Crippen molar-refractivity contribution in [1.82, 2.24) is 9.99 Å². The molecule has 6 nitrogen and oxygen atoms in total. The molecule has 2 N–H and O–H groups in total. The molecule has 7 heteroatoms. The van der Waals surface area contributed by atoms with Gasteiger partial charge in [-0.25, -0.2) is 14.6 Å². The average Bonchev–Trinajstić information content (AvgIpc) is 3.13. The van der Waals surface area contributed by atoms with Gasteiger partial charge in [0.2, 0.25) is 5.91 Å². The zero-order valence-corrected chi connectivity index (χ0v) is 17.0. The van der Waals surface area contributed by atoms with E-state index in [0.717, 1.165) is 22.0 Å². The van der Waals surface area contributed by atoms with Gasteiger partial charge in [0.25, 0.3) is 0 Å². The van der Waals surface area contributed by atoms with Gasteiger partial charge in [0, 0.05) is 29.2 Å². The number of nitrogens with one attached hydrogen (secondary N) is 1. The molecule has 0 bridgehead atoms. The minimum atomic E-state index is -0.964. The number of carboxylic acids is 1. The van der Waals surface area contributed by atoms with Crippen LogP contribution < -0.4 is 5.43 Å². The summed E-state index contributed by atoms with van der Waals surface area (Å²) in [7, 11) is 0. The maximum Gasteiger partial charge on any atom is 0.335 e. The number of hydrogen-bond donors (Lipinski definition) is 2. The van der Waals surface area contributed by atoms with Crippen LogP contribution in [0, 0.1) is 5.82 Å². The van der Waals surface area contributed by atoms with Gasteiger partial charge in [-0.05, 0) is 41.5 Å². The van der Waals surface area contributed by atoms with E-state index >= 15 is 0 Å². The summed E-state index contributed by atoms with van der Waals surface area (Å²) in [6.07, 6.45) is 3.59. The standard InChI is InChI=1S/C25H20FN3O3/c26-21-10-8-17(9-11-21)13-24(30)28-27-14-20-16-29(23-7-2-1-6-22(20)23)15-18-4-3-5-19(12-18)25(31)32/h1-12,14,16H,13,15H2,(H,28,30)(H,31,32)/b27-14+. The molecule has 0 spiro atoms. The Kier molecular flexibility index (Phi) is 6.07. The number of carboxylic acid groups (broad SMARTS) is 1. The SMILES string of the molecule is O=C(Cc1ccc(F)cc1)N/N=C/c1cn(Cc2cccc(C(=O)O)c2)c2ccccc12. The fraction of sp³-hybridized carbons (Fsp3) is 0.0800.